The summed E-state index contributed by atoms with van der Waals surface area (Å²) in [6.07, 6.45) is 6.08. The van der Waals surface area contributed by atoms with Gasteiger partial charge in [-0.15, -0.1) is 0 Å². The Bertz CT molecular complexity index is 1000. The van der Waals surface area contributed by atoms with Gasteiger partial charge in [0.25, 0.3) is 5.91 Å². The number of nitrogens with one attached hydrogen (secondary N) is 3. The molecule has 2 heterocycles. The average Bonchev–Trinajstić information content (AvgIpc) is 3.34. The number of hydroxylamine groups is 1. The molecule has 34 heavy (non-hydrogen) atoms. The van der Waals surface area contributed by atoms with Crippen LogP contribution in [0.2, 0.25) is 0 Å². The largest absolute Gasteiger partial charge is 0.478 e. The van der Waals surface area contributed by atoms with E-state index in [1.165, 1.54) is 30.6 Å². The van der Waals surface area contributed by atoms with Crippen LogP contribution < -0.4 is 16.1 Å². The zero-order chi connectivity index (χ0) is 25.1. The standard InChI is InChI=1S/C23H30N4O7/c1-3-5-6-7-17(16(4-2)21(29)27-33)20(28)25-13-26-22(30)19-9-8-18(34-19)14-10-15(23(31)32)12-24-11-14/h8-12,16-17,33H,3-7,13H2,1-2H3,(H,25,28)(H,26,30)(H,27,29)(H,31,32)/t16-,17-/m1/s1. The van der Waals surface area contributed by atoms with Gasteiger partial charge in [-0.3, -0.25) is 24.6 Å². The average molecular weight is 475 g/mol. The van der Waals surface area contributed by atoms with Crippen molar-refractivity contribution in [1.29, 1.82) is 0 Å². The van der Waals surface area contributed by atoms with Crippen molar-refractivity contribution in [3.8, 4) is 11.3 Å². The first kappa shape index (κ1) is 26.5. The van der Waals surface area contributed by atoms with E-state index < -0.39 is 35.5 Å². The molecular weight excluding hydrogens is 444 g/mol. The van der Waals surface area contributed by atoms with Crippen molar-refractivity contribution in [3.05, 3.63) is 41.9 Å². The van der Waals surface area contributed by atoms with Gasteiger partial charge < -0.3 is 20.2 Å². The number of aromatic nitrogens is 1. The van der Waals surface area contributed by atoms with Gasteiger partial charge in [0.05, 0.1) is 18.2 Å². The number of carbonyl (C=O) groups excluding carboxylic acids is 3. The lowest BCUT2D eigenvalue weighted by Crippen LogP contribution is -2.44. The summed E-state index contributed by atoms with van der Waals surface area (Å²) in [5.41, 5.74) is 2.01. The summed E-state index contributed by atoms with van der Waals surface area (Å²) in [4.78, 5) is 52.1. The van der Waals surface area contributed by atoms with E-state index in [1.54, 1.807) is 12.4 Å². The molecule has 0 aliphatic heterocycles. The van der Waals surface area contributed by atoms with Gasteiger partial charge in [-0.2, -0.15) is 0 Å². The van der Waals surface area contributed by atoms with Gasteiger partial charge in [-0.25, -0.2) is 10.3 Å². The molecule has 0 radical (unpaired) electrons. The van der Waals surface area contributed by atoms with Crippen molar-refractivity contribution >= 4 is 23.7 Å². The summed E-state index contributed by atoms with van der Waals surface area (Å²) in [7, 11) is 0. The second-order valence-corrected chi connectivity index (χ2v) is 7.75. The molecule has 0 spiro atoms. The Morgan fingerprint density at radius 3 is 2.44 bits per heavy atom. The lowest BCUT2D eigenvalue weighted by atomic mass is 9.84. The maximum Gasteiger partial charge on any atom is 0.337 e. The fourth-order valence-electron chi connectivity index (χ4n) is 3.60. The number of amides is 3. The Labute approximate surface area is 196 Å². The number of carboxylic acids is 1. The summed E-state index contributed by atoms with van der Waals surface area (Å²) >= 11 is 0. The molecule has 184 valence electrons. The molecule has 0 unspecified atom stereocenters. The van der Waals surface area contributed by atoms with Crippen LogP contribution in [0.4, 0.5) is 0 Å². The minimum Gasteiger partial charge on any atom is -0.478 e. The van der Waals surface area contributed by atoms with Gasteiger partial charge in [0.1, 0.15) is 5.76 Å². The minimum atomic E-state index is -1.13. The highest BCUT2D eigenvalue weighted by atomic mass is 16.5. The number of carbonyl (C=O) groups is 4. The Kier molecular flexibility index (Phi) is 10.2. The fourth-order valence-corrected chi connectivity index (χ4v) is 3.60. The number of pyridine rings is 1. The molecule has 0 saturated carbocycles. The monoisotopic (exact) mass is 474 g/mol. The highest BCUT2D eigenvalue weighted by Gasteiger charge is 2.31. The van der Waals surface area contributed by atoms with Crippen LogP contribution >= 0.6 is 0 Å². The molecule has 0 aliphatic carbocycles. The molecule has 0 aromatic carbocycles. The number of nitrogens with zero attached hydrogens (tertiary/aromatic N) is 1. The first-order chi connectivity index (χ1) is 16.3. The van der Waals surface area contributed by atoms with Gasteiger partial charge in [-0.1, -0.05) is 33.1 Å². The summed E-state index contributed by atoms with van der Waals surface area (Å²) < 4.78 is 5.50. The molecular formula is C23H30N4O7. The second-order valence-electron chi connectivity index (χ2n) is 7.75. The van der Waals surface area contributed by atoms with E-state index in [0.717, 1.165) is 19.3 Å². The Morgan fingerprint density at radius 1 is 1.03 bits per heavy atom. The highest BCUT2D eigenvalue weighted by molar-refractivity contribution is 5.93. The first-order valence-corrected chi connectivity index (χ1v) is 11.1. The van der Waals surface area contributed by atoms with Gasteiger partial charge >= 0.3 is 5.97 Å². The maximum absolute atomic E-state index is 12.7. The van der Waals surface area contributed by atoms with Crippen LogP contribution in [0.25, 0.3) is 11.3 Å². The number of hydrogen-bond acceptors (Lipinski definition) is 7. The van der Waals surface area contributed by atoms with Crippen molar-refractivity contribution in [2.24, 2.45) is 11.8 Å². The summed E-state index contributed by atoms with van der Waals surface area (Å²) in [6.45, 7) is 3.60. The first-order valence-electron chi connectivity index (χ1n) is 11.1. The molecule has 2 atom stereocenters. The number of furan rings is 1. The Hall–Kier alpha value is -3.73. The van der Waals surface area contributed by atoms with Crippen molar-refractivity contribution in [1.82, 2.24) is 21.1 Å². The molecule has 11 nitrogen and oxygen atoms in total. The molecule has 2 rings (SSSR count). The molecule has 0 saturated heterocycles. The van der Waals surface area contributed by atoms with E-state index in [2.05, 4.69) is 15.6 Å². The maximum atomic E-state index is 12.7. The van der Waals surface area contributed by atoms with Gasteiger partial charge in [0.15, 0.2) is 5.76 Å². The van der Waals surface area contributed by atoms with E-state index in [1.807, 2.05) is 6.92 Å². The van der Waals surface area contributed by atoms with Crippen LogP contribution in [0.5, 0.6) is 0 Å². The number of aromatic carboxylic acids is 1. The van der Waals surface area contributed by atoms with Crippen LogP contribution in [0.1, 0.15) is 66.9 Å². The third-order valence-electron chi connectivity index (χ3n) is 5.44. The van der Waals surface area contributed by atoms with Crippen LogP contribution in [0, 0.1) is 11.8 Å². The lowest BCUT2D eigenvalue weighted by Gasteiger charge is -2.24. The third-order valence-corrected chi connectivity index (χ3v) is 5.44. The van der Waals surface area contributed by atoms with E-state index in [9.17, 15) is 19.2 Å². The number of hydrogen-bond donors (Lipinski definition) is 5. The van der Waals surface area contributed by atoms with Crippen LogP contribution in [-0.4, -0.2) is 45.7 Å². The zero-order valence-corrected chi connectivity index (χ0v) is 19.2. The highest BCUT2D eigenvalue weighted by Crippen LogP contribution is 2.24. The van der Waals surface area contributed by atoms with Crippen LogP contribution in [-0.2, 0) is 9.59 Å². The van der Waals surface area contributed by atoms with E-state index in [-0.39, 0.29) is 23.8 Å². The molecule has 5 N–H and O–H groups in total. The van der Waals surface area contributed by atoms with Crippen molar-refractivity contribution in [2.75, 3.05) is 6.67 Å². The molecule has 11 heteroatoms. The number of unbranched alkanes of at least 4 members (excludes halogenated alkanes) is 2. The van der Waals surface area contributed by atoms with Crippen molar-refractivity contribution in [3.63, 3.8) is 0 Å². The van der Waals surface area contributed by atoms with Crippen LogP contribution in [0.3, 0.4) is 0 Å². The van der Waals surface area contributed by atoms with Gasteiger partial charge in [0, 0.05) is 23.9 Å². The van der Waals surface area contributed by atoms with E-state index in [4.69, 9.17) is 14.7 Å². The van der Waals surface area contributed by atoms with E-state index >= 15 is 0 Å². The summed E-state index contributed by atoms with van der Waals surface area (Å²) in [5.74, 6) is -3.85. The molecule has 2 aromatic rings. The van der Waals surface area contributed by atoms with Crippen molar-refractivity contribution < 1.29 is 33.9 Å². The molecule has 0 fully saturated rings. The third kappa shape index (κ3) is 7.14. The Morgan fingerprint density at radius 2 is 1.79 bits per heavy atom. The topological polar surface area (TPSA) is 171 Å². The second kappa shape index (κ2) is 13.1. The quantitative estimate of drug-likeness (QED) is 0.128. The van der Waals surface area contributed by atoms with Crippen LogP contribution in [0.15, 0.2) is 35.0 Å². The summed E-state index contributed by atoms with van der Waals surface area (Å²) in [6, 6.07) is 4.31. The fraction of sp³-hybridized carbons (Fsp3) is 0.435. The molecule has 0 bridgehead atoms. The Balaban J connectivity index is 1.98. The SMILES string of the molecule is CCCCC[C@@H](C(=O)NCNC(=O)c1ccc(-c2cncc(C(=O)O)c2)o1)[C@@H](CC)C(=O)NO. The number of carboxylic acid groups (broad SMARTS) is 1. The predicted octanol–water partition coefficient (Wildman–Crippen LogP) is 2.57. The molecule has 0 aliphatic rings. The van der Waals surface area contributed by atoms with Crippen molar-refractivity contribution in [2.45, 2.75) is 46.0 Å². The van der Waals surface area contributed by atoms with E-state index in [0.29, 0.717) is 18.4 Å². The smallest absolute Gasteiger partial charge is 0.337 e. The minimum absolute atomic E-state index is 0.0173. The normalized spacial score (nSPS) is 12.4. The zero-order valence-electron chi connectivity index (χ0n) is 19.2. The molecule has 2 aromatic heterocycles. The van der Waals surface area contributed by atoms with Gasteiger partial charge in [0.2, 0.25) is 11.8 Å². The molecule has 3 amide bonds. The predicted molar refractivity (Wildman–Crippen MR) is 121 cm³/mol. The number of rotatable bonds is 13. The lowest BCUT2D eigenvalue weighted by molar-refractivity contribution is -0.140. The summed E-state index contributed by atoms with van der Waals surface area (Å²) in [5, 5.41) is 23.2. The van der Waals surface area contributed by atoms with Gasteiger partial charge in [-0.05, 0) is 31.0 Å².